The highest BCUT2D eigenvalue weighted by Crippen LogP contribution is 2.27. The van der Waals surface area contributed by atoms with Gasteiger partial charge in [-0.25, -0.2) is 0 Å². The molecule has 0 radical (unpaired) electrons. The molecular weight excluding hydrogens is 154 g/mol. The number of rotatable bonds is 1. The Bertz CT molecular complexity index is 179. The van der Waals surface area contributed by atoms with Gasteiger partial charge in [-0.2, -0.15) is 0 Å². The zero-order valence-electron chi connectivity index (χ0n) is 7.76. The zero-order valence-corrected chi connectivity index (χ0v) is 7.76. The summed E-state index contributed by atoms with van der Waals surface area (Å²) in [5, 5.41) is 12.8. The fourth-order valence-electron chi connectivity index (χ4n) is 1.54. The van der Waals surface area contributed by atoms with Crippen LogP contribution in [0.2, 0.25) is 0 Å². The van der Waals surface area contributed by atoms with Crippen LogP contribution in [-0.2, 0) is 4.79 Å². The van der Waals surface area contributed by atoms with E-state index in [0.29, 0.717) is 25.8 Å². The molecule has 1 unspecified atom stereocenters. The van der Waals surface area contributed by atoms with E-state index in [9.17, 15) is 9.90 Å². The molecule has 1 atom stereocenters. The fraction of sp³-hybridized carbons (Fsp3) is 0.889. The van der Waals surface area contributed by atoms with Gasteiger partial charge in [0.2, 0.25) is 5.91 Å². The van der Waals surface area contributed by atoms with Gasteiger partial charge in [-0.1, -0.05) is 13.8 Å². The molecular formula is C9H17NO2. The average Bonchev–Trinajstić information content (AvgIpc) is 2.15. The molecule has 1 amide bonds. The van der Waals surface area contributed by atoms with Crippen molar-refractivity contribution in [2.24, 2.45) is 5.92 Å². The summed E-state index contributed by atoms with van der Waals surface area (Å²) < 4.78 is 0. The summed E-state index contributed by atoms with van der Waals surface area (Å²) in [6.07, 6.45) is 1.72. The van der Waals surface area contributed by atoms with E-state index in [4.69, 9.17) is 0 Å². The number of aliphatic hydroxyl groups is 1. The predicted molar refractivity (Wildman–Crippen MR) is 46.6 cm³/mol. The Morgan fingerprint density at radius 3 is 2.75 bits per heavy atom. The fourth-order valence-corrected chi connectivity index (χ4v) is 1.54. The molecule has 0 aromatic carbocycles. The van der Waals surface area contributed by atoms with Crippen LogP contribution in [0.3, 0.4) is 0 Å². The van der Waals surface area contributed by atoms with E-state index >= 15 is 0 Å². The van der Waals surface area contributed by atoms with Crippen LogP contribution in [0.1, 0.15) is 33.1 Å². The van der Waals surface area contributed by atoms with Crippen LogP contribution >= 0.6 is 0 Å². The normalized spacial score (nSPS) is 31.5. The Morgan fingerprint density at radius 1 is 1.50 bits per heavy atom. The largest absolute Gasteiger partial charge is 0.390 e. The molecule has 0 aromatic heterocycles. The first-order valence-corrected chi connectivity index (χ1v) is 4.54. The molecule has 3 nitrogen and oxygen atoms in total. The zero-order chi connectivity index (χ0) is 9.19. The van der Waals surface area contributed by atoms with Gasteiger partial charge in [0.15, 0.2) is 0 Å². The summed E-state index contributed by atoms with van der Waals surface area (Å²) in [5.74, 6) is 0.289. The molecule has 0 saturated carbocycles. The van der Waals surface area contributed by atoms with Crippen LogP contribution in [0.25, 0.3) is 0 Å². The predicted octanol–water partition coefficient (Wildman–Crippen LogP) is 0.674. The Labute approximate surface area is 73.2 Å². The van der Waals surface area contributed by atoms with Crippen molar-refractivity contribution in [3.05, 3.63) is 0 Å². The molecule has 1 saturated heterocycles. The van der Waals surface area contributed by atoms with Crippen LogP contribution < -0.4 is 5.32 Å². The van der Waals surface area contributed by atoms with Gasteiger partial charge in [-0.3, -0.25) is 4.79 Å². The van der Waals surface area contributed by atoms with Crippen molar-refractivity contribution in [2.45, 2.75) is 38.7 Å². The third-order valence-corrected chi connectivity index (χ3v) is 2.74. The second-order valence-electron chi connectivity index (χ2n) is 3.86. The SMILES string of the molecule is CC(C)C1(O)CCNC(=O)CC1. The van der Waals surface area contributed by atoms with Gasteiger partial charge in [0.1, 0.15) is 0 Å². The summed E-state index contributed by atoms with van der Waals surface area (Å²) in [6, 6.07) is 0. The van der Waals surface area contributed by atoms with Crippen molar-refractivity contribution in [3.63, 3.8) is 0 Å². The van der Waals surface area contributed by atoms with Crippen LogP contribution in [0, 0.1) is 5.92 Å². The highest BCUT2D eigenvalue weighted by molar-refractivity contribution is 5.76. The van der Waals surface area contributed by atoms with E-state index < -0.39 is 5.60 Å². The maximum absolute atomic E-state index is 11.0. The summed E-state index contributed by atoms with van der Waals surface area (Å²) in [4.78, 5) is 11.0. The van der Waals surface area contributed by atoms with Crippen LogP contribution in [-0.4, -0.2) is 23.2 Å². The van der Waals surface area contributed by atoms with E-state index in [2.05, 4.69) is 5.32 Å². The average molecular weight is 171 g/mol. The van der Waals surface area contributed by atoms with E-state index in [1.807, 2.05) is 13.8 Å². The smallest absolute Gasteiger partial charge is 0.220 e. The minimum absolute atomic E-state index is 0.0616. The van der Waals surface area contributed by atoms with E-state index in [1.54, 1.807) is 0 Å². The molecule has 1 aliphatic rings. The van der Waals surface area contributed by atoms with Gasteiger partial charge in [0.25, 0.3) is 0 Å². The highest BCUT2D eigenvalue weighted by atomic mass is 16.3. The molecule has 0 aromatic rings. The van der Waals surface area contributed by atoms with Gasteiger partial charge in [0.05, 0.1) is 5.60 Å². The standard InChI is InChI=1S/C9H17NO2/c1-7(2)9(12)4-3-8(11)10-6-5-9/h7,12H,3-6H2,1-2H3,(H,10,11). The Morgan fingerprint density at radius 2 is 2.17 bits per heavy atom. The monoisotopic (exact) mass is 171 g/mol. The minimum Gasteiger partial charge on any atom is -0.390 e. The van der Waals surface area contributed by atoms with Gasteiger partial charge >= 0.3 is 0 Å². The molecule has 70 valence electrons. The van der Waals surface area contributed by atoms with E-state index in [-0.39, 0.29) is 11.8 Å². The summed E-state index contributed by atoms with van der Waals surface area (Å²) >= 11 is 0. The lowest BCUT2D eigenvalue weighted by Gasteiger charge is -2.30. The van der Waals surface area contributed by atoms with E-state index in [1.165, 1.54) is 0 Å². The van der Waals surface area contributed by atoms with Gasteiger partial charge in [0, 0.05) is 13.0 Å². The first-order chi connectivity index (χ1) is 5.54. The van der Waals surface area contributed by atoms with Crippen LogP contribution in [0.4, 0.5) is 0 Å². The van der Waals surface area contributed by atoms with E-state index in [0.717, 1.165) is 0 Å². The number of hydrogen-bond donors (Lipinski definition) is 2. The number of amides is 1. The van der Waals surface area contributed by atoms with Crippen molar-refractivity contribution >= 4 is 5.91 Å². The van der Waals surface area contributed by atoms with Crippen molar-refractivity contribution in [1.29, 1.82) is 0 Å². The van der Waals surface area contributed by atoms with Crippen molar-refractivity contribution in [3.8, 4) is 0 Å². The van der Waals surface area contributed by atoms with Gasteiger partial charge < -0.3 is 10.4 Å². The second-order valence-corrected chi connectivity index (χ2v) is 3.86. The maximum atomic E-state index is 11.0. The summed E-state index contributed by atoms with van der Waals surface area (Å²) in [7, 11) is 0. The molecule has 3 heteroatoms. The third-order valence-electron chi connectivity index (χ3n) is 2.74. The Hall–Kier alpha value is -0.570. The quantitative estimate of drug-likeness (QED) is 0.609. The Kier molecular flexibility index (Phi) is 2.73. The second kappa shape index (κ2) is 3.44. The summed E-state index contributed by atoms with van der Waals surface area (Å²) in [5.41, 5.74) is -0.640. The lowest BCUT2D eigenvalue weighted by molar-refractivity contribution is -0.121. The van der Waals surface area contributed by atoms with Crippen molar-refractivity contribution in [2.75, 3.05) is 6.54 Å². The molecule has 12 heavy (non-hydrogen) atoms. The molecule has 0 bridgehead atoms. The van der Waals surface area contributed by atoms with Crippen LogP contribution in [0.5, 0.6) is 0 Å². The lowest BCUT2D eigenvalue weighted by atomic mass is 9.84. The van der Waals surface area contributed by atoms with Crippen LogP contribution in [0.15, 0.2) is 0 Å². The first kappa shape index (κ1) is 9.52. The lowest BCUT2D eigenvalue weighted by Crippen LogP contribution is -2.35. The number of hydrogen-bond acceptors (Lipinski definition) is 2. The van der Waals surface area contributed by atoms with Gasteiger partial charge in [-0.05, 0) is 18.8 Å². The molecule has 1 aliphatic heterocycles. The maximum Gasteiger partial charge on any atom is 0.220 e. The highest BCUT2D eigenvalue weighted by Gasteiger charge is 2.32. The molecule has 1 heterocycles. The van der Waals surface area contributed by atoms with Gasteiger partial charge in [-0.15, -0.1) is 0 Å². The molecule has 1 rings (SSSR count). The number of carbonyl (C=O) groups is 1. The molecule has 0 aliphatic carbocycles. The molecule has 1 fully saturated rings. The first-order valence-electron chi connectivity index (χ1n) is 4.54. The van der Waals surface area contributed by atoms with Crippen molar-refractivity contribution < 1.29 is 9.90 Å². The minimum atomic E-state index is -0.640. The third kappa shape index (κ3) is 1.97. The summed E-state index contributed by atoms with van der Waals surface area (Å²) in [6.45, 7) is 4.60. The topological polar surface area (TPSA) is 49.3 Å². The number of carbonyl (C=O) groups excluding carboxylic acids is 1. The number of nitrogens with one attached hydrogen (secondary N) is 1. The molecule has 2 N–H and O–H groups in total. The molecule has 0 spiro atoms. The Balaban J connectivity index is 2.61. The van der Waals surface area contributed by atoms with Crippen molar-refractivity contribution in [1.82, 2.24) is 5.32 Å².